The first-order valence-corrected chi connectivity index (χ1v) is 7.20. The maximum absolute atomic E-state index is 12.0. The van der Waals surface area contributed by atoms with E-state index in [1.165, 1.54) is 0 Å². The molecule has 7 nitrogen and oxygen atoms in total. The number of halogens is 3. The summed E-state index contributed by atoms with van der Waals surface area (Å²) in [4.78, 5) is 24.0. The molecule has 0 aromatic heterocycles. The molecule has 3 aliphatic rings. The van der Waals surface area contributed by atoms with Crippen LogP contribution < -0.4 is 0 Å². The molecule has 0 aromatic carbocycles. The Hall–Kier alpha value is -1.46. The molecule has 2 aliphatic carbocycles. The summed E-state index contributed by atoms with van der Waals surface area (Å²) in [5, 5.41) is -0.136. The number of carbonyl (C=O) groups excluding carboxylic acids is 2. The second-order valence-electron chi connectivity index (χ2n) is 4.98. The lowest BCUT2D eigenvalue weighted by atomic mass is 9.85. The van der Waals surface area contributed by atoms with E-state index in [1.807, 2.05) is 0 Å². The predicted molar refractivity (Wildman–Crippen MR) is 56.7 cm³/mol. The van der Waals surface area contributed by atoms with E-state index in [2.05, 4.69) is 8.47 Å². The second kappa shape index (κ2) is 4.27. The summed E-state index contributed by atoms with van der Waals surface area (Å²) < 4.78 is 64.5. The van der Waals surface area contributed by atoms with E-state index in [0.717, 1.165) is 0 Å². The zero-order valence-corrected chi connectivity index (χ0v) is 10.9. The van der Waals surface area contributed by atoms with Crippen molar-refractivity contribution in [1.29, 1.82) is 0 Å². The van der Waals surface area contributed by atoms with Gasteiger partial charge in [0.1, 0.15) is 0 Å². The van der Waals surface area contributed by atoms with E-state index in [4.69, 9.17) is 0 Å². The van der Waals surface area contributed by atoms with Crippen molar-refractivity contribution >= 4 is 22.2 Å². The van der Waals surface area contributed by atoms with Crippen molar-refractivity contribution in [3.05, 3.63) is 12.2 Å². The van der Waals surface area contributed by atoms with Crippen LogP contribution in [0.25, 0.3) is 0 Å². The third kappa shape index (κ3) is 2.34. The van der Waals surface area contributed by atoms with Crippen LogP contribution in [-0.2, 0) is 28.5 Å². The Morgan fingerprint density at radius 2 is 1.57 bits per heavy atom. The lowest BCUT2D eigenvalue weighted by Gasteiger charge is -2.15. The van der Waals surface area contributed by atoms with Crippen molar-refractivity contribution < 1.29 is 39.6 Å². The first-order valence-electron chi connectivity index (χ1n) is 5.87. The maximum Gasteiger partial charge on any atom is 0.538 e. The highest BCUT2D eigenvalue weighted by Gasteiger charge is 2.61. The largest absolute Gasteiger partial charge is 0.538 e. The molecule has 21 heavy (non-hydrogen) atoms. The molecule has 4 atom stereocenters. The van der Waals surface area contributed by atoms with Crippen LogP contribution >= 0.6 is 0 Å². The Kier molecular flexibility index (Phi) is 2.94. The van der Waals surface area contributed by atoms with Gasteiger partial charge in [0, 0.05) is 0 Å². The summed E-state index contributed by atoms with van der Waals surface area (Å²) in [5.74, 6) is -3.94. The quantitative estimate of drug-likeness (QED) is 0.554. The van der Waals surface area contributed by atoms with Crippen LogP contribution in [0.2, 0.25) is 0 Å². The molecule has 1 aliphatic heterocycles. The van der Waals surface area contributed by atoms with Crippen LogP contribution in [0.3, 0.4) is 0 Å². The minimum Gasteiger partial charge on any atom is -0.272 e. The molecule has 116 valence electrons. The van der Waals surface area contributed by atoms with Crippen LogP contribution in [0.5, 0.6) is 0 Å². The number of alkyl halides is 3. The van der Waals surface area contributed by atoms with Crippen LogP contribution in [0.4, 0.5) is 13.2 Å². The van der Waals surface area contributed by atoms with E-state index in [9.17, 15) is 31.2 Å². The summed E-state index contributed by atoms with van der Waals surface area (Å²) in [6, 6.07) is 0. The van der Waals surface area contributed by atoms with Crippen LogP contribution in [0.15, 0.2) is 12.2 Å². The summed E-state index contributed by atoms with van der Waals surface area (Å²) in [6.45, 7) is 0. The van der Waals surface area contributed by atoms with Gasteiger partial charge >= 0.3 is 16.8 Å². The minimum atomic E-state index is -5.60. The van der Waals surface area contributed by atoms with Gasteiger partial charge in [0.15, 0.2) is 0 Å². The molecule has 2 fully saturated rings. The predicted octanol–water partition coefficient (Wildman–Crippen LogP) is 0.506. The van der Waals surface area contributed by atoms with E-state index in [0.29, 0.717) is 6.42 Å². The molecule has 3 rings (SSSR count). The normalized spacial score (nSPS) is 34.9. The Morgan fingerprint density at radius 1 is 1.10 bits per heavy atom. The highest BCUT2D eigenvalue weighted by atomic mass is 32.3. The van der Waals surface area contributed by atoms with Crippen molar-refractivity contribution in [3.8, 4) is 0 Å². The monoisotopic (exact) mass is 327 g/mol. The molecule has 0 spiro atoms. The zero-order valence-electron chi connectivity index (χ0n) is 10.1. The van der Waals surface area contributed by atoms with E-state index >= 15 is 0 Å². The second-order valence-corrected chi connectivity index (χ2v) is 6.11. The summed E-state index contributed by atoms with van der Waals surface area (Å²) in [5.41, 5.74) is 0. The zero-order chi connectivity index (χ0) is 15.6. The number of imide groups is 1. The van der Waals surface area contributed by atoms with Crippen molar-refractivity contribution in [2.75, 3.05) is 0 Å². The van der Waals surface area contributed by atoms with Gasteiger partial charge < -0.3 is 0 Å². The van der Waals surface area contributed by atoms with Crippen molar-refractivity contribution in [2.24, 2.45) is 23.7 Å². The fourth-order valence-corrected chi connectivity index (χ4v) is 3.76. The lowest BCUT2D eigenvalue weighted by Crippen LogP contribution is -2.37. The number of hydrogen-bond acceptors (Lipinski definition) is 6. The molecular formula is C10H8F3NO6S. The fourth-order valence-electron chi connectivity index (χ4n) is 3.17. The van der Waals surface area contributed by atoms with Gasteiger partial charge in [-0.15, -0.1) is 26.7 Å². The Balaban J connectivity index is 1.80. The molecule has 2 amide bonds. The fraction of sp³-hybridized carbons (Fsp3) is 0.600. The topological polar surface area (TPSA) is 90.0 Å². The molecule has 2 bridgehead atoms. The Morgan fingerprint density at radius 3 is 2.00 bits per heavy atom. The molecule has 1 saturated carbocycles. The van der Waals surface area contributed by atoms with Gasteiger partial charge in [-0.3, -0.25) is 9.59 Å². The Labute approximate surface area is 116 Å². The maximum atomic E-state index is 12.0. The molecule has 1 heterocycles. The smallest absolute Gasteiger partial charge is 0.272 e. The third-order valence-electron chi connectivity index (χ3n) is 3.79. The van der Waals surface area contributed by atoms with Crippen molar-refractivity contribution in [1.82, 2.24) is 5.06 Å². The van der Waals surface area contributed by atoms with E-state index in [1.54, 1.807) is 12.2 Å². The highest BCUT2D eigenvalue weighted by molar-refractivity contribution is 7.81. The average Bonchev–Trinajstić information content (AvgIpc) is 2.95. The molecule has 0 N–H and O–H groups in total. The number of hydrogen-bond donors (Lipinski definition) is 0. The molecule has 0 radical (unpaired) electrons. The lowest BCUT2D eigenvalue weighted by molar-refractivity contribution is -0.278. The van der Waals surface area contributed by atoms with Crippen molar-refractivity contribution in [2.45, 2.75) is 12.8 Å². The molecule has 11 heteroatoms. The summed E-state index contributed by atoms with van der Waals surface area (Å²) in [6.07, 6.45) is -1.45. The Bertz CT molecular complexity index is 612. The first kappa shape index (κ1) is 14.5. The SMILES string of the molecule is O=C1C2C3C=CC(C3)C2C(=O)N1OS(=O)(=O)OC(F)(F)F. The standard InChI is InChI=1S/C10H8F3NO6S/c11-10(12,13)19-21(17,18)20-14-8(15)6-4-1-2-5(3-4)7(6)9(14)16/h1-2,4-7H,3H2. The van der Waals surface area contributed by atoms with Gasteiger partial charge in [0.25, 0.3) is 11.8 Å². The van der Waals surface area contributed by atoms with Gasteiger partial charge in [-0.05, 0) is 18.3 Å². The highest BCUT2D eigenvalue weighted by Crippen LogP contribution is 2.52. The molecular weight excluding hydrogens is 319 g/mol. The number of rotatable bonds is 3. The van der Waals surface area contributed by atoms with Crippen LogP contribution in [0.1, 0.15) is 6.42 Å². The molecule has 0 aromatic rings. The number of allylic oxidation sites excluding steroid dienone is 2. The summed E-state index contributed by atoms with van der Waals surface area (Å²) in [7, 11) is -5.60. The van der Waals surface area contributed by atoms with Gasteiger partial charge in [0.2, 0.25) is 0 Å². The number of carbonyl (C=O) groups is 2. The molecule has 4 unspecified atom stereocenters. The number of amides is 2. The minimum absolute atomic E-state index is 0.136. The van der Waals surface area contributed by atoms with Crippen LogP contribution in [-0.4, -0.2) is 31.7 Å². The number of nitrogens with zero attached hydrogens (tertiary/aromatic N) is 1. The third-order valence-corrected chi connectivity index (χ3v) is 4.52. The van der Waals surface area contributed by atoms with Gasteiger partial charge in [-0.2, -0.15) is 8.42 Å². The van der Waals surface area contributed by atoms with Gasteiger partial charge in [0.05, 0.1) is 11.8 Å². The molecule has 1 saturated heterocycles. The average molecular weight is 327 g/mol. The van der Waals surface area contributed by atoms with Crippen LogP contribution in [0, 0.1) is 23.7 Å². The van der Waals surface area contributed by atoms with Gasteiger partial charge in [-0.1, -0.05) is 12.2 Å². The van der Waals surface area contributed by atoms with Crippen molar-refractivity contribution in [3.63, 3.8) is 0 Å². The number of hydroxylamine groups is 2. The summed E-state index contributed by atoms with van der Waals surface area (Å²) >= 11 is 0. The first-order chi connectivity index (χ1) is 9.59. The number of fused-ring (bicyclic) bond motifs is 5. The van der Waals surface area contributed by atoms with E-state index < -0.39 is 40.4 Å². The van der Waals surface area contributed by atoms with Gasteiger partial charge in [-0.25, -0.2) is 0 Å². The van der Waals surface area contributed by atoms with E-state index in [-0.39, 0.29) is 16.9 Å².